The fraction of sp³-hybridized carbons (Fsp3) is 0.519. The molecule has 0 aliphatic carbocycles. The Hall–Kier alpha value is -2.69. The number of benzene rings is 1. The lowest BCUT2D eigenvalue weighted by atomic mass is 10.0. The molecule has 0 unspecified atom stereocenters. The van der Waals surface area contributed by atoms with Gasteiger partial charge in [-0.15, -0.1) is 0 Å². The lowest BCUT2D eigenvalue weighted by molar-refractivity contribution is -0.116. The van der Waals surface area contributed by atoms with Crippen LogP contribution in [0.1, 0.15) is 78.5 Å². The van der Waals surface area contributed by atoms with Gasteiger partial charge in [0, 0.05) is 18.7 Å². The SMILES string of the molecule is CCC(C)(C)Oc1ccc(CCCCNC(=O)C=Cc2ccco2)c(OC(C)(C)CC)c1. The van der Waals surface area contributed by atoms with Crippen LogP contribution >= 0.6 is 0 Å². The van der Waals surface area contributed by atoms with E-state index in [2.05, 4.69) is 52.9 Å². The number of ether oxygens (including phenoxy) is 2. The van der Waals surface area contributed by atoms with Crippen molar-refractivity contribution in [3.8, 4) is 11.5 Å². The number of hydrogen-bond acceptors (Lipinski definition) is 4. The molecule has 2 aromatic rings. The Bertz CT molecular complexity index is 866. The third-order valence-electron chi connectivity index (χ3n) is 5.64. The van der Waals surface area contributed by atoms with Crippen molar-refractivity contribution in [3.05, 3.63) is 54.0 Å². The van der Waals surface area contributed by atoms with Gasteiger partial charge < -0.3 is 19.2 Å². The number of aryl methyl sites for hydroxylation is 1. The molecule has 1 amide bonds. The monoisotopic (exact) mass is 441 g/mol. The number of carbonyl (C=O) groups is 1. The van der Waals surface area contributed by atoms with Crippen LogP contribution < -0.4 is 14.8 Å². The quantitative estimate of drug-likeness (QED) is 0.282. The Labute approximate surface area is 193 Å². The second-order valence-electron chi connectivity index (χ2n) is 9.30. The zero-order valence-corrected chi connectivity index (χ0v) is 20.5. The molecule has 0 fully saturated rings. The normalized spacial score (nSPS) is 12.2. The highest BCUT2D eigenvalue weighted by Gasteiger charge is 2.21. The highest BCUT2D eigenvalue weighted by molar-refractivity contribution is 5.91. The summed E-state index contributed by atoms with van der Waals surface area (Å²) in [4.78, 5) is 11.9. The predicted molar refractivity (Wildman–Crippen MR) is 130 cm³/mol. The average molecular weight is 442 g/mol. The highest BCUT2D eigenvalue weighted by Crippen LogP contribution is 2.32. The molecule has 0 aliphatic heterocycles. The molecule has 0 saturated heterocycles. The van der Waals surface area contributed by atoms with E-state index in [0.29, 0.717) is 12.3 Å². The first-order valence-corrected chi connectivity index (χ1v) is 11.6. The largest absolute Gasteiger partial charge is 0.488 e. The maximum absolute atomic E-state index is 11.9. The Morgan fingerprint density at radius 1 is 1.03 bits per heavy atom. The summed E-state index contributed by atoms with van der Waals surface area (Å²) < 4.78 is 17.7. The fourth-order valence-corrected chi connectivity index (χ4v) is 2.92. The zero-order valence-electron chi connectivity index (χ0n) is 20.5. The van der Waals surface area contributed by atoms with E-state index in [4.69, 9.17) is 13.9 Å². The number of rotatable bonds is 13. The van der Waals surface area contributed by atoms with E-state index < -0.39 is 0 Å². The van der Waals surface area contributed by atoms with Gasteiger partial charge in [-0.05, 0) is 89.6 Å². The molecular formula is C27H39NO4. The van der Waals surface area contributed by atoms with Crippen LogP contribution in [-0.2, 0) is 11.2 Å². The van der Waals surface area contributed by atoms with E-state index in [1.807, 2.05) is 18.2 Å². The average Bonchev–Trinajstić information content (AvgIpc) is 3.26. The van der Waals surface area contributed by atoms with Crippen LogP contribution in [0.2, 0.25) is 0 Å². The van der Waals surface area contributed by atoms with Gasteiger partial charge in [0.05, 0.1) is 6.26 Å². The Kier molecular flexibility index (Phi) is 9.42. The number of carbonyl (C=O) groups excluding carboxylic acids is 1. The van der Waals surface area contributed by atoms with Gasteiger partial charge in [-0.25, -0.2) is 0 Å². The second kappa shape index (κ2) is 11.8. The molecule has 5 heteroatoms. The van der Waals surface area contributed by atoms with Crippen molar-refractivity contribution in [3.63, 3.8) is 0 Å². The molecule has 0 bridgehead atoms. The van der Waals surface area contributed by atoms with Crippen molar-refractivity contribution in [1.82, 2.24) is 5.32 Å². The van der Waals surface area contributed by atoms with Crippen molar-refractivity contribution < 1.29 is 18.7 Å². The fourth-order valence-electron chi connectivity index (χ4n) is 2.92. The summed E-state index contributed by atoms with van der Waals surface area (Å²) >= 11 is 0. The van der Waals surface area contributed by atoms with Crippen LogP contribution in [0.5, 0.6) is 11.5 Å². The number of furan rings is 1. The van der Waals surface area contributed by atoms with Crippen LogP contribution in [0, 0.1) is 0 Å². The Morgan fingerprint density at radius 2 is 1.75 bits per heavy atom. The summed E-state index contributed by atoms with van der Waals surface area (Å²) in [6.07, 6.45) is 9.30. The van der Waals surface area contributed by atoms with E-state index in [1.54, 1.807) is 18.4 Å². The van der Waals surface area contributed by atoms with E-state index in [-0.39, 0.29) is 17.1 Å². The van der Waals surface area contributed by atoms with Gasteiger partial charge in [-0.2, -0.15) is 0 Å². The summed E-state index contributed by atoms with van der Waals surface area (Å²) in [6, 6.07) is 9.75. The lowest BCUT2D eigenvalue weighted by Gasteiger charge is -2.29. The van der Waals surface area contributed by atoms with Gasteiger partial charge >= 0.3 is 0 Å². The number of unbranched alkanes of at least 4 members (excludes halogenated alkanes) is 1. The number of nitrogens with one attached hydrogen (secondary N) is 1. The summed E-state index contributed by atoms with van der Waals surface area (Å²) in [6.45, 7) is 13.3. The molecule has 2 rings (SSSR count). The van der Waals surface area contributed by atoms with Gasteiger partial charge in [0.1, 0.15) is 28.5 Å². The molecule has 176 valence electrons. The number of amides is 1. The van der Waals surface area contributed by atoms with Crippen LogP contribution in [-0.4, -0.2) is 23.7 Å². The second-order valence-corrected chi connectivity index (χ2v) is 9.30. The van der Waals surface area contributed by atoms with Crippen molar-refractivity contribution in [2.24, 2.45) is 0 Å². The van der Waals surface area contributed by atoms with Gasteiger partial charge in [0.15, 0.2) is 0 Å². The maximum atomic E-state index is 11.9. The molecule has 1 N–H and O–H groups in total. The topological polar surface area (TPSA) is 60.7 Å². The molecule has 0 atom stereocenters. The van der Waals surface area contributed by atoms with Crippen molar-refractivity contribution in [2.75, 3.05) is 6.54 Å². The van der Waals surface area contributed by atoms with Gasteiger partial charge in [0.25, 0.3) is 0 Å². The van der Waals surface area contributed by atoms with Crippen LogP contribution in [0.4, 0.5) is 0 Å². The first kappa shape index (κ1) is 25.6. The predicted octanol–water partition coefficient (Wildman–Crippen LogP) is 6.57. The minimum absolute atomic E-state index is 0.116. The molecule has 0 aliphatic rings. The molecule has 1 aromatic carbocycles. The molecule has 32 heavy (non-hydrogen) atoms. The van der Waals surface area contributed by atoms with E-state index in [0.717, 1.165) is 49.2 Å². The van der Waals surface area contributed by atoms with Gasteiger partial charge in [-0.1, -0.05) is 19.9 Å². The van der Waals surface area contributed by atoms with Crippen molar-refractivity contribution in [2.45, 2.75) is 84.8 Å². The molecule has 5 nitrogen and oxygen atoms in total. The highest BCUT2D eigenvalue weighted by atomic mass is 16.5. The minimum Gasteiger partial charge on any atom is -0.488 e. The summed E-state index contributed by atoms with van der Waals surface area (Å²) in [5.74, 6) is 2.26. The molecule has 1 aromatic heterocycles. The Balaban J connectivity index is 1.91. The summed E-state index contributed by atoms with van der Waals surface area (Å²) in [5, 5.41) is 2.92. The molecule has 0 radical (unpaired) electrons. The molecule has 0 spiro atoms. The van der Waals surface area contributed by atoms with Gasteiger partial charge in [-0.3, -0.25) is 4.79 Å². The molecule has 0 saturated carbocycles. The molecular weight excluding hydrogens is 402 g/mol. The van der Waals surface area contributed by atoms with E-state index in [1.165, 1.54) is 6.08 Å². The standard InChI is InChI=1S/C27H39NO4/c1-7-26(3,4)31-23-15-14-21(24(20-23)32-27(5,6)8-2)12-9-10-18-28-25(29)17-16-22-13-11-19-30-22/h11,13-17,19-20H,7-10,12,18H2,1-6H3,(H,28,29). The molecule has 1 heterocycles. The van der Waals surface area contributed by atoms with Crippen LogP contribution in [0.25, 0.3) is 6.08 Å². The van der Waals surface area contributed by atoms with E-state index in [9.17, 15) is 4.79 Å². The number of hydrogen-bond donors (Lipinski definition) is 1. The van der Waals surface area contributed by atoms with Crippen molar-refractivity contribution >= 4 is 12.0 Å². The first-order chi connectivity index (χ1) is 15.1. The van der Waals surface area contributed by atoms with Crippen LogP contribution in [0.3, 0.4) is 0 Å². The van der Waals surface area contributed by atoms with E-state index >= 15 is 0 Å². The smallest absolute Gasteiger partial charge is 0.244 e. The lowest BCUT2D eigenvalue weighted by Crippen LogP contribution is -2.28. The summed E-state index contributed by atoms with van der Waals surface area (Å²) in [7, 11) is 0. The maximum Gasteiger partial charge on any atom is 0.244 e. The summed E-state index contributed by atoms with van der Waals surface area (Å²) in [5.41, 5.74) is 0.696. The first-order valence-electron chi connectivity index (χ1n) is 11.6. The Morgan fingerprint density at radius 3 is 2.41 bits per heavy atom. The van der Waals surface area contributed by atoms with Crippen molar-refractivity contribution in [1.29, 1.82) is 0 Å². The third-order valence-corrected chi connectivity index (χ3v) is 5.64. The minimum atomic E-state index is -0.248. The zero-order chi connectivity index (χ0) is 23.6. The van der Waals surface area contributed by atoms with Gasteiger partial charge in [0.2, 0.25) is 5.91 Å². The van der Waals surface area contributed by atoms with Crippen LogP contribution in [0.15, 0.2) is 47.1 Å². The third kappa shape index (κ3) is 8.81.